The van der Waals surface area contributed by atoms with Crippen LogP contribution < -0.4 is 5.73 Å². The van der Waals surface area contributed by atoms with E-state index in [1.54, 1.807) is 0 Å². The van der Waals surface area contributed by atoms with Gasteiger partial charge in [-0.15, -0.1) is 11.8 Å². The van der Waals surface area contributed by atoms with Gasteiger partial charge in [0.25, 0.3) is 0 Å². The smallest absolute Gasteiger partial charge is 0.0243 e. The first-order chi connectivity index (χ1) is 8.08. The molecule has 0 amide bonds. The highest BCUT2D eigenvalue weighted by molar-refractivity contribution is 8.00. The molecule has 0 saturated carbocycles. The standard InChI is InChI=1S/C15H25NS/c1-5-7-13(16)14(6-2)17-15-9-8-11(3)10-12(15)4/h8-10,13-14H,5-7,16H2,1-4H3. The highest BCUT2D eigenvalue weighted by Crippen LogP contribution is 2.31. The lowest BCUT2D eigenvalue weighted by Gasteiger charge is -2.22. The van der Waals surface area contributed by atoms with Crippen molar-refractivity contribution in [1.29, 1.82) is 0 Å². The van der Waals surface area contributed by atoms with Crippen LogP contribution in [0.4, 0.5) is 0 Å². The molecule has 0 fully saturated rings. The predicted molar refractivity (Wildman–Crippen MR) is 78.7 cm³/mol. The Morgan fingerprint density at radius 2 is 1.94 bits per heavy atom. The van der Waals surface area contributed by atoms with Crippen LogP contribution in [-0.2, 0) is 0 Å². The Labute approximate surface area is 110 Å². The minimum Gasteiger partial charge on any atom is -0.327 e. The number of benzene rings is 1. The van der Waals surface area contributed by atoms with Crippen molar-refractivity contribution in [2.75, 3.05) is 0 Å². The maximum absolute atomic E-state index is 6.25. The molecule has 17 heavy (non-hydrogen) atoms. The first-order valence-corrected chi connectivity index (χ1v) is 7.45. The summed E-state index contributed by atoms with van der Waals surface area (Å²) in [5.41, 5.74) is 8.95. The molecular weight excluding hydrogens is 226 g/mol. The van der Waals surface area contributed by atoms with E-state index in [-0.39, 0.29) is 0 Å². The van der Waals surface area contributed by atoms with Crippen molar-refractivity contribution >= 4 is 11.8 Å². The summed E-state index contributed by atoms with van der Waals surface area (Å²) < 4.78 is 0. The Morgan fingerprint density at radius 1 is 1.24 bits per heavy atom. The van der Waals surface area contributed by atoms with Crippen molar-refractivity contribution in [1.82, 2.24) is 0 Å². The van der Waals surface area contributed by atoms with E-state index in [1.165, 1.54) is 22.4 Å². The highest BCUT2D eigenvalue weighted by atomic mass is 32.2. The van der Waals surface area contributed by atoms with Gasteiger partial charge in [-0.3, -0.25) is 0 Å². The lowest BCUT2D eigenvalue weighted by Crippen LogP contribution is -2.31. The molecule has 0 heterocycles. The van der Waals surface area contributed by atoms with Gasteiger partial charge in [-0.1, -0.05) is 38.0 Å². The molecule has 2 heteroatoms. The molecule has 1 nitrogen and oxygen atoms in total. The van der Waals surface area contributed by atoms with Crippen LogP contribution in [0, 0.1) is 13.8 Å². The van der Waals surface area contributed by atoms with E-state index in [2.05, 4.69) is 45.9 Å². The third kappa shape index (κ3) is 4.36. The van der Waals surface area contributed by atoms with Gasteiger partial charge in [0.1, 0.15) is 0 Å². The number of hydrogen-bond acceptors (Lipinski definition) is 2. The third-order valence-electron chi connectivity index (χ3n) is 3.11. The average molecular weight is 251 g/mol. The molecule has 2 atom stereocenters. The summed E-state index contributed by atoms with van der Waals surface area (Å²) in [5.74, 6) is 0. The second-order valence-corrected chi connectivity index (χ2v) is 6.07. The largest absolute Gasteiger partial charge is 0.327 e. The summed E-state index contributed by atoms with van der Waals surface area (Å²) in [7, 11) is 0. The SMILES string of the molecule is CCCC(N)C(CC)Sc1ccc(C)cc1C. The normalized spacial score (nSPS) is 14.6. The number of aryl methyl sites for hydroxylation is 2. The van der Waals surface area contributed by atoms with Crippen molar-refractivity contribution in [3.8, 4) is 0 Å². The molecule has 1 aromatic rings. The zero-order chi connectivity index (χ0) is 12.8. The highest BCUT2D eigenvalue weighted by Gasteiger charge is 2.17. The van der Waals surface area contributed by atoms with Gasteiger partial charge in [-0.25, -0.2) is 0 Å². The zero-order valence-corrected chi connectivity index (χ0v) is 12.3. The van der Waals surface area contributed by atoms with Crippen LogP contribution in [0.5, 0.6) is 0 Å². The number of rotatable bonds is 6. The fraction of sp³-hybridized carbons (Fsp3) is 0.600. The maximum Gasteiger partial charge on any atom is 0.0243 e. The molecule has 0 spiro atoms. The first kappa shape index (κ1) is 14.6. The average Bonchev–Trinajstić information content (AvgIpc) is 2.28. The summed E-state index contributed by atoms with van der Waals surface area (Å²) in [4.78, 5) is 1.38. The molecule has 0 aliphatic heterocycles. The topological polar surface area (TPSA) is 26.0 Å². The van der Waals surface area contributed by atoms with E-state index in [0.29, 0.717) is 11.3 Å². The fourth-order valence-corrected chi connectivity index (χ4v) is 3.28. The Bertz CT molecular complexity index is 349. The minimum atomic E-state index is 0.315. The van der Waals surface area contributed by atoms with Gasteiger partial charge in [-0.2, -0.15) is 0 Å². The van der Waals surface area contributed by atoms with E-state index in [1.807, 2.05) is 11.8 Å². The Balaban J connectivity index is 2.73. The van der Waals surface area contributed by atoms with E-state index in [0.717, 1.165) is 12.8 Å². The summed E-state index contributed by atoms with van der Waals surface area (Å²) >= 11 is 1.95. The van der Waals surface area contributed by atoms with Crippen LogP contribution in [0.3, 0.4) is 0 Å². The van der Waals surface area contributed by atoms with Crippen molar-refractivity contribution in [3.63, 3.8) is 0 Å². The molecule has 1 rings (SSSR count). The summed E-state index contributed by atoms with van der Waals surface area (Å²) in [6, 6.07) is 6.99. The second-order valence-electron chi connectivity index (χ2n) is 4.79. The zero-order valence-electron chi connectivity index (χ0n) is 11.5. The Hall–Kier alpha value is -0.470. The molecular formula is C15H25NS. The quantitative estimate of drug-likeness (QED) is 0.763. The molecule has 0 bridgehead atoms. The van der Waals surface area contributed by atoms with Crippen molar-refractivity contribution < 1.29 is 0 Å². The van der Waals surface area contributed by atoms with E-state index in [9.17, 15) is 0 Å². The van der Waals surface area contributed by atoms with Crippen LogP contribution in [0.25, 0.3) is 0 Å². The van der Waals surface area contributed by atoms with Gasteiger partial charge in [0.2, 0.25) is 0 Å². The molecule has 96 valence electrons. The van der Waals surface area contributed by atoms with Crippen LogP contribution in [-0.4, -0.2) is 11.3 Å². The Morgan fingerprint density at radius 3 is 2.47 bits per heavy atom. The molecule has 2 N–H and O–H groups in total. The van der Waals surface area contributed by atoms with Crippen LogP contribution in [0.1, 0.15) is 44.2 Å². The van der Waals surface area contributed by atoms with Gasteiger partial charge < -0.3 is 5.73 Å². The minimum absolute atomic E-state index is 0.315. The van der Waals surface area contributed by atoms with Crippen molar-refractivity contribution in [2.24, 2.45) is 5.73 Å². The molecule has 1 aromatic carbocycles. The second kappa shape index (κ2) is 7.07. The van der Waals surface area contributed by atoms with Crippen molar-refractivity contribution in [2.45, 2.75) is 63.1 Å². The lowest BCUT2D eigenvalue weighted by molar-refractivity contribution is 0.566. The van der Waals surface area contributed by atoms with E-state index >= 15 is 0 Å². The molecule has 0 aromatic heterocycles. The lowest BCUT2D eigenvalue weighted by atomic mass is 10.1. The predicted octanol–water partition coefficient (Wildman–Crippen LogP) is 4.30. The molecule has 0 radical (unpaired) electrons. The van der Waals surface area contributed by atoms with Crippen LogP contribution >= 0.6 is 11.8 Å². The van der Waals surface area contributed by atoms with Crippen LogP contribution in [0.15, 0.2) is 23.1 Å². The molecule has 2 unspecified atom stereocenters. The molecule has 0 aliphatic carbocycles. The van der Waals surface area contributed by atoms with Gasteiger partial charge in [-0.05, 0) is 38.3 Å². The van der Waals surface area contributed by atoms with Gasteiger partial charge in [0, 0.05) is 16.2 Å². The molecule has 0 saturated heterocycles. The Kier molecular flexibility index (Phi) is 6.07. The van der Waals surface area contributed by atoms with Gasteiger partial charge >= 0.3 is 0 Å². The van der Waals surface area contributed by atoms with Gasteiger partial charge in [0.15, 0.2) is 0 Å². The maximum atomic E-state index is 6.25. The van der Waals surface area contributed by atoms with Gasteiger partial charge in [0.05, 0.1) is 0 Å². The summed E-state index contributed by atoms with van der Waals surface area (Å²) in [5, 5.41) is 0.538. The van der Waals surface area contributed by atoms with E-state index in [4.69, 9.17) is 5.73 Å². The summed E-state index contributed by atoms with van der Waals surface area (Å²) in [6.07, 6.45) is 3.43. The first-order valence-electron chi connectivity index (χ1n) is 6.58. The van der Waals surface area contributed by atoms with Crippen LogP contribution in [0.2, 0.25) is 0 Å². The summed E-state index contributed by atoms with van der Waals surface area (Å²) in [6.45, 7) is 8.76. The van der Waals surface area contributed by atoms with E-state index < -0.39 is 0 Å². The van der Waals surface area contributed by atoms with Crippen molar-refractivity contribution in [3.05, 3.63) is 29.3 Å². The number of nitrogens with two attached hydrogens (primary N) is 1. The third-order valence-corrected chi connectivity index (χ3v) is 4.81. The monoisotopic (exact) mass is 251 g/mol. The number of hydrogen-bond donors (Lipinski definition) is 1. The number of thioether (sulfide) groups is 1. The molecule has 0 aliphatic rings. The fourth-order valence-electron chi connectivity index (χ4n) is 2.09.